The highest BCUT2D eigenvalue weighted by atomic mass is 16.7. The van der Waals surface area contributed by atoms with Crippen molar-refractivity contribution in [2.75, 3.05) is 19.8 Å². The first-order valence-corrected chi connectivity index (χ1v) is 10.4. The Bertz CT molecular complexity index is 621. The van der Waals surface area contributed by atoms with Crippen LogP contribution in [-0.4, -0.2) is 168 Å². The third-order valence-electron chi connectivity index (χ3n) is 5.63. The van der Waals surface area contributed by atoms with Crippen molar-refractivity contribution in [3.8, 4) is 0 Å². The summed E-state index contributed by atoms with van der Waals surface area (Å²) in [6, 6.07) is 0. The van der Waals surface area contributed by atoms with E-state index < -0.39 is 106 Å². The van der Waals surface area contributed by atoms with Gasteiger partial charge >= 0.3 is 0 Å². The molecule has 2 heterocycles. The second-order valence-electron chi connectivity index (χ2n) is 8.01. The van der Waals surface area contributed by atoms with E-state index in [9.17, 15) is 61.0 Å². The molecule has 11 N–H and O–H groups in total. The van der Waals surface area contributed by atoms with E-state index in [4.69, 9.17) is 18.9 Å². The van der Waals surface area contributed by atoms with Gasteiger partial charge in [-0.2, -0.15) is 0 Å². The summed E-state index contributed by atoms with van der Waals surface area (Å²) in [6.07, 6.45) is -24.7. The minimum Gasteiger partial charge on any atom is -0.394 e. The second-order valence-corrected chi connectivity index (χ2v) is 8.01. The van der Waals surface area contributed by atoms with Gasteiger partial charge in [0.1, 0.15) is 73.2 Å². The van der Waals surface area contributed by atoms with Gasteiger partial charge in [-0.25, -0.2) is 0 Å². The number of carbonyl (C=O) groups is 1. The molecule has 14 atom stereocenters. The Balaban J connectivity index is 2.02. The van der Waals surface area contributed by atoms with Gasteiger partial charge < -0.3 is 79.9 Å². The van der Waals surface area contributed by atoms with Gasteiger partial charge in [0.25, 0.3) is 0 Å². The molecule has 0 aromatic rings. The summed E-state index contributed by atoms with van der Waals surface area (Å²) in [5, 5.41) is 108. The average Bonchev–Trinajstić information content (AvgIpc) is 2.84. The molecule has 2 aliphatic heterocycles. The summed E-state index contributed by atoms with van der Waals surface area (Å²) in [4.78, 5) is 10.5. The maximum atomic E-state index is 10.5. The maximum absolute atomic E-state index is 10.5. The van der Waals surface area contributed by atoms with Gasteiger partial charge in [0, 0.05) is 0 Å². The lowest BCUT2D eigenvalue weighted by Gasteiger charge is -2.46. The van der Waals surface area contributed by atoms with Gasteiger partial charge in [0.15, 0.2) is 18.9 Å². The fraction of sp³-hybridized carbons (Fsp3) is 0.944. The molecule has 0 saturated carbocycles. The van der Waals surface area contributed by atoms with Crippen molar-refractivity contribution in [3.05, 3.63) is 0 Å². The molecule has 0 aliphatic carbocycles. The summed E-state index contributed by atoms with van der Waals surface area (Å²) in [5.41, 5.74) is 0. The lowest BCUT2D eigenvalue weighted by molar-refractivity contribution is -0.360. The van der Waals surface area contributed by atoms with Crippen LogP contribution in [-0.2, 0) is 23.7 Å². The minimum atomic E-state index is -2.04. The molecule has 0 spiro atoms. The van der Waals surface area contributed by atoms with Crippen LogP contribution in [0.25, 0.3) is 0 Å². The van der Waals surface area contributed by atoms with Crippen molar-refractivity contribution in [2.24, 2.45) is 0 Å². The molecule has 16 heteroatoms. The summed E-state index contributed by atoms with van der Waals surface area (Å²) in [7, 11) is 0. The van der Waals surface area contributed by atoms with Crippen molar-refractivity contribution in [1.29, 1.82) is 0 Å². The Kier molecular flexibility index (Phi) is 11.1. The summed E-state index contributed by atoms with van der Waals surface area (Å²) in [5.74, 6) is 0. The van der Waals surface area contributed by atoms with Crippen molar-refractivity contribution >= 4 is 6.29 Å². The Morgan fingerprint density at radius 2 is 1.29 bits per heavy atom. The number of ether oxygens (including phenoxy) is 4. The number of aldehydes is 1. The SMILES string of the molecule is O=C[C@H](O)[C@@H](O)[C@H](O)[C@H](O)CO[C@H]1O[C@H](CO)[C@@H](O[C@H]2O[C@H](CO)[C@@H](O)[C@H](O)[C@H]2O)[C@H](O)[C@H]1O. The predicted molar refractivity (Wildman–Crippen MR) is 102 cm³/mol. The van der Waals surface area contributed by atoms with Crippen molar-refractivity contribution in [1.82, 2.24) is 0 Å². The molecular weight excluding hydrogens is 472 g/mol. The van der Waals surface area contributed by atoms with E-state index in [0.717, 1.165) is 0 Å². The van der Waals surface area contributed by atoms with Crippen LogP contribution in [0, 0.1) is 0 Å². The molecule has 0 unspecified atom stereocenters. The minimum absolute atomic E-state index is 0.0623. The molecular formula is C18H32O16. The molecule has 0 aromatic heterocycles. The number of hydrogen-bond acceptors (Lipinski definition) is 16. The van der Waals surface area contributed by atoms with Gasteiger partial charge in [-0.1, -0.05) is 0 Å². The van der Waals surface area contributed by atoms with E-state index in [1.54, 1.807) is 0 Å². The van der Waals surface area contributed by atoms with E-state index >= 15 is 0 Å². The Hall–Kier alpha value is -0.930. The zero-order valence-corrected chi connectivity index (χ0v) is 17.7. The van der Waals surface area contributed by atoms with Crippen LogP contribution in [0.4, 0.5) is 0 Å². The predicted octanol–water partition coefficient (Wildman–Crippen LogP) is -7.73. The lowest BCUT2D eigenvalue weighted by atomic mass is 9.97. The summed E-state index contributed by atoms with van der Waals surface area (Å²) in [6.45, 7) is -2.38. The molecule has 0 aromatic carbocycles. The van der Waals surface area contributed by atoms with Gasteiger partial charge in [-0.05, 0) is 0 Å². The fourth-order valence-electron chi connectivity index (χ4n) is 3.50. The van der Waals surface area contributed by atoms with E-state index in [0.29, 0.717) is 0 Å². The van der Waals surface area contributed by atoms with Crippen molar-refractivity contribution in [2.45, 2.75) is 85.8 Å². The summed E-state index contributed by atoms with van der Waals surface area (Å²) < 4.78 is 20.9. The number of aliphatic hydroxyl groups is 11. The van der Waals surface area contributed by atoms with Crippen LogP contribution in [0.2, 0.25) is 0 Å². The van der Waals surface area contributed by atoms with Gasteiger partial charge in [-0.15, -0.1) is 0 Å². The van der Waals surface area contributed by atoms with Crippen LogP contribution in [0.15, 0.2) is 0 Å². The molecule has 16 nitrogen and oxygen atoms in total. The van der Waals surface area contributed by atoms with Crippen LogP contribution in [0.3, 0.4) is 0 Å². The molecule has 0 bridgehead atoms. The molecule has 2 saturated heterocycles. The fourth-order valence-corrected chi connectivity index (χ4v) is 3.50. The van der Waals surface area contributed by atoms with Gasteiger partial charge in [-0.3, -0.25) is 0 Å². The second kappa shape index (κ2) is 12.9. The highest BCUT2D eigenvalue weighted by molar-refractivity contribution is 5.56. The Labute approximate surface area is 192 Å². The van der Waals surface area contributed by atoms with Crippen LogP contribution in [0.5, 0.6) is 0 Å². The highest BCUT2D eigenvalue weighted by Gasteiger charge is 2.50. The zero-order chi connectivity index (χ0) is 25.7. The monoisotopic (exact) mass is 504 g/mol. The zero-order valence-electron chi connectivity index (χ0n) is 17.7. The van der Waals surface area contributed by atoms with Crippen LogP contribution < -0.4 is 0 Å². The average molecular weight is 504 g/mol. The van der Waals surface area contributed by atoms with E-state index in [1.807, 2.05) is 0 Å². The normalized spacial score (nSPS) is 42.6. The first-order valence-electron chi connectivity index (χ1n) is 10.4. The Morgan fingerprint density at radius 1 is 0.735 bits per heavy atom. The third-order valence-corrected chi connectivity index (χ3v) is 5.63. The van der Waals surface area contributed by atoms with Gasteiger partial charge in [0.2, 0.25) is 0 Å². The summed E-state index contributed by atoms with van der Waals surface area (Å²) >= 11 is 0. The smallest absolute Gasteiger partial charge is 0.187 e. The Morgan fingerprint density at radius 3 is 1.85 bits per heavy atom. The molecule has 34 heavy (non-hydrogen) atoms. The highest BCUT2D eigenvalue weighted by Crippen LogP contribution is 2.29. The maximum Gasteiger partial charge on any atom is 0.187 e. The lowest BCUT2D eigenvalue weighted by Crippen LogP contribution is -2.64. The number of rotatable bonds is 11. The standard InChI is InChI=1S/C18H32O16/c19-1-5(22)9(24)10(25)6(23)4-31-17-15(30)13(28)16(8(3-21)33-17)34-18-14(29)12(27)11(26)7(2-20)32-18/h1,5-18,20-30H,2-4H2/t5-,6+,7+,8+,9+,10+,11+,12-,13+,14+,15+,16+,17-,18+/m0/s1. The third kappa shape index (κ3) is 6.44. The molecule has 0 radical (unpaired) electrons. The van der Waals surface area contributed by atoms with Crippen LogP contribution >= 0.6 is 0 Å². The van der Waals surface area contributed by atoms with Crippen molar-refractivity contribution in [3.63, 3.8) is 0 Å². The number of aliphatic hydroxyl groups excluding tert-OH is 11. The molecule has 2 rings (SSSR count). The van der Waals surface area contributed by atoms with E-state index in [-0.39, 0.29) is 6.29 Å². The van der Waals surface area contributed by atoms with E-state index in [1.165, 1.54) is 0 Å². The number of hydrogen-bond donors (Lipinski definition) is 11. The van der Waals surface area contributed by atoms with Crippen LogP contribution in [0.1, 0.15) is 0 Å². The first-order chi connectivity index (χ1) is 16.0. The van der Waals surface area contributed by atoms with Gasteiger partial charge in [0.05, 0.1) is 19.8 Å². The molecule has 0 amide bonds. The number of carbonyl (C=O) groups excluding carboxylic acids is 1. The topological polar surface area (TPSA) is 277 Å². The largest absolute Gasteiger partial charge is 0.394 e. The van der Waals surface area contributed by atoms with E-state index in [2.05, 4.69) is 0 Å². The molecule has 2 aliphatic rings. The first kappa shape index (κ1) is 29.3. The quantitative estimate of drug-likeness (QED) is 0.117. The molecule has 2 fully saturated rings. The van der Waals surface area contributed by atoms with Crippen molar-refractivity contribution < 1.29 is 79.9 Å². The molecule has 200 valence electrons.